The molecule has 138 valence electrons. The minimum Gasteiger partial charge on any atom is -0.0795 e. The lowest BCUT2D eigenvalue weighted by Crippen LogP contribution is -2.76. The van der Waals surface area contributed by atoms with E-state index in [2.05, 4.69) is 111 Å². The van der Waals surface area contributed by atoms with Crippen molar-refractivity contribution in [1.82, 2.24) is 0 Å². The summed E-state index contributed by atoms with van der Waals surface area (Å²) in [6.07, 6.45) is 0. The van der Waals surface area contributed by atoms with E-state index in [9.17, 15) is 0 Å². The molecule has 0 fully saturated rings. The molecule has 1 heterocycles. The molecule has 0 aliphatic rings. The van der Waals surface area contributed by atoms with Crippen LogP contribution in [-0.4, -0.2) is 49.1 Å². The summed E-state index contributed by atoms with van der Waals surface area (Å²) in [7, 11) is -6.02. The zero-order valence-electron chi connectivity index (χ0n) is 19.0. The van der Waals surface area contributed by atoms with Crippen molar-refractivity contribution < 1.29 is 0 Å². The lowest BCUT2D eigenvalue weighted by atomic mass is 11.0. The Morgan fingerprint density at radius 2 is 0.500 bits per heavy atom. The molecule has 6 heteroatoms. The highest BCUT2D eigenvalue weighted by Crippen LogP contribution is 2.11. The van der Waals surface area contributed by atoms with Crippen LogP contribution in [0.2, 0.25) is 78.6 Å². The van der Waals surface area contributed by atoms with Crippen LogP contribution in [0.15, 0.2) is 0 Å². The first-order valence-corrected chi connectivity index (χ1v) is 27.5. The van der Waals surface area contributed by atoms with E-state index < -0.39 is 49.1 Å². The Morgan fingerprint density at radius 1 is 0.375 bits per heavy atom. The van der Waals surface area contributed by atoms with Crippen LogP contribution in [0.1, 0.15) is 0 Å². The molecule has 1 aromatic rings. The third kappa shape index (κ3) is 4.54. The molecule has 0 aliphatic heterocycles. The van der Waals surface area contributed by atoms with Gasteiger partial charge >= 0.3 is 0 Å². The molecule has 0 aliphatic carbocycles. The smallest absolute Gasteiger partial charge is 0.0715 e. The molecular weight excluding hydrogens is 385 g/mol. The van der Waals surface area contributed by atoms with Crippen LogP contribution in [0.5, 0.6) is 0 Å². The molecule has 0 saturated carbocycles. The van der Waals surface area contributed by atoms with E-state index in [1.54, 1.807) is 0 Å². The summed E-state index contributed by atoms with van der Waals surface area (Å²) in [6.45, 7) is 37.0. The highest BCUT2D eigenvalue weighted by Gasteiger charge is 2.39. The summed E-state index contributed by atoms with van der Waals surface area (Å²) in [4.78, 5) is 8.34. The van der Waals surface area contributed by atoms with Crippen molar-refractivity contribution in [3.05, 3.63) is 0 Å². The molecule has 24 heavy (non-hydrogen) atoms. The number of hydrogen-bond acceptors (Lipinski definition) is 0. The van der Waals surface area contributed by atoms with Crippen LogP contribution >= 0.6 is 0 Å². The molecular formula is C18H42Si6. The van der Waals surface area contributed by atoms with E-state index >= 15 is 0 Å². The minimum atomic E-state index is -1.25. The van der Waals surface area contributed by atoms with Gasteiger partial charge in [-0.05, 0) is 0 Å². The molecule has 0 bridgehead atoms. The SMILES string of the molecule is C[si]1c([Si](C)(C)C)c([Si](C)(C)C)[si](C)c([Si](C)(C)C)c1[Si](C)(C)C. The monoisotopic (exact) mass is 426 g/mol. The first-order chi connectivity index (χ1) is 10.3. The summed E-state index contributed by atoms with van der Waals surface area (Å²) in [5.74, 6) is 0. The van der Waals surface area contributed by atoms with Gasteiger partial charge in [0.05, 0.1) is 32.3 Å². The van der Waals surface area contributed by atoms with Gasteiger partial charge < -0.3 is 0 Å². The van der Waals surface area contributed by atoms with Gasteiger partial charge in [-0.1, -0.05) is 111 Å². The van der Waals surface area contributed by atoms with Gasteiger partial charge in [0.1, 0.15) is 0 Å². The van der Waals surface area contributed by atoms with Gasteiger partial charge in [0, 0.05) is 16.8 Å². The molecule has 1 rings (SSSR count). The highest BCUT2D eigenvalue weighted by molar-refractivity contribution is 7.22. The molecule has 1 aromatic heterocycles. The van der Waals surface area contributed by atoms with Crippen molar-refractivity contribution in [3.63, 3.8) is 0 Å². The van der Waals surface area contributed by atoms with Crippen molar-refractivity contribution >= 4 is 68.3 Å². The fourth-order valence-electron chi connectivity index (χ4n) is 4.75. The van der Waals surface area contributed by atoms with Crippen LogP contribution in [0.4, 0.5) is 0 Å². The van der Waals surface area contributed by atoms with Gasteiger partial charge in [0.2, 0.25) is 0 Å². The molecule has 0 atom stereocenters. The first-order valence-electron chi connectivity index (χ1n) is 9.50. The summed E-state index contributed by atoms with van der Waals surface area (Å²) in [6, 6.07) is 0. The molecule has 0 amide bonds. The Balaban J connectivity index is 4.28. The highest BCUT2D eigenvalue weighted by atomic mass is 28.4. The Kier molecular flexibility index (Phi) is 6.41. The van der Waals surface area contributed by atoms with Crippen LogP contribution in [0, 0.1) is 0 Å². The molecule has 0 N–H and O–H groups in total. The standard InChI is InChI=1S/C18H42Si6/c1-19-15(21(3,4)5)17(23(9,10)11)20(2)18(24(12,13)14)16(19)22(6,7)8/h1-14H3. The van der Waals surface area contributed by atoms with Gasteiger partial charge in [-0.25, -0.2) is 0 Å². The summed E-state index contributed by atoms with van der Waals surface area (Å²) >= 11 is 0. The first kappa shape index (κ1) is 22.8. The number of rotatable bonds is 4. The fourth-order valence-corrected chi connectivity index (χ4v) is 43.5. The lowest BCUT2D eigenvalue weighted by molar-refractivity contribution is 1.71. The quantitative estimate of drug-likeness (QED) is 0.649. The van der Waals surface area contributed by atoms with E-state index in [4.69, 9.17) is 0 Å². The van der Waals surface area contributed by atoms with E-state index in [0.29, 0.717) is 0 Å². The molecule has 0 nitrogen and oxygen atoms in total. The normalized spacial score (nSPS) is 14.2. The minimum absolute atomic E-state index is 0.501. The average Bonchev–Trinajstić information content (AvgIpc) is 2.24. The maximum Gasteiger partial charge on any atom is 0.0715 e. The van der Waals surface area contributed by atoms with Gasteiger partial charge in [-0.3, -0.25) is 0 Å². The third-order valence-electron chi connectivity index (χ3n) is 5.00. The van der Waals surface area contributed by atoms with Crippen LogP contribution in [0.3, 0.4) is 0 Å². The van der Waals surface area contributed by atoms with E-state index in [-0.39, 0.29) is 0 Å². The van der Waals surface area contributed by atoms with Crippen LogP contribution in [-0.2, 0) is 13.1 Å². The van der Waals surface area contributed by atoms with Crippen molar-refractivity contribution in [2.45, 2.75) is 78.6 Å². The Bertz CT molecular complexity index is 524. The van der Waals surface area contributed by atoms with Crippen LogP contribution in [0.25, 0.3) is 0 Å². The maximum absolute atomic E-state index is 2.69. The van der Waals surface area contributed by atoms with E-state index in [1.165, 1.54) is 0 Å². The third-order valence-corrected chi connectivity index (χ3v) is 31.5. The number of hydrogen-bond donors (Lipinski definition) is 0. The van der Waals surface area contributed by atoms with Gasteiger partial charge in [-0.15, -0.1) is 0 Å². The summed E-state index contributed by atoms with van der Waals surface area (Å²) < 4.78 is 0. The zero-order chi connectivity index (χ0) is 19.5. The van der Waals surface area contributed by atoms with Crippen molar-refractivity contribution in [1.29, 1.82) is 0 Å². The topological polar surface area (TPSA) is 0 Å². The second kappa shape index (κ2) is 6.74. The van der Waals surface area contributed by atoms with Crippen molar-refractivity contribution in [3.8, 4) is 0 Å². The van der Waals surface area contributed by atoms with E-state index in [1.807, 2.05) is 0 Å². The Hall–Kier alpha value is 0.781. The molecule has 0 radical (unpaired) electrons. The van der Waals surface area contributed by atoms with Crippen LogP contribution < -0.4 is 19.2 Å². The predicted octanol–water partition coefficient (Wildman–Crippen LogP) is 2.99. The van der Waals surface area contributed by atoms with E-state index in [0.717, 1.165) is 0 Å². The second-order valence-corrected chi connectivity index (χ2v) is 38.2. The van der Waals surface area contributed by atoms with Gasteiger partial charge in [-0.2, -0.15) is 0 Å². The molecule has 0 aromatic carbocycles. The largest absolute Gasteiger partial charge is 0.0795 e. The summed E-state index contributed by atoms with van der Waals surface area (Å²) in [5.41, 5.74) is 0. The fraction of sp³-hybridized carbons (Fsp3) is 0.778. The van der Waals surface area contributed by atoms with Gasteiger partial charge in [0.15, 0.2) is 0 Å². The average molecular weight is 427 g/mol. The maximum atomic E-state index is 2.69. The molecule has 0 saturated heterocycles. The van der Waals surface area contributed by atoms with Crippen molar-refractivity contribution in [2.24, 2.45) is 13.1 Å². The second-order valence-electron chi connectivity index (χ2n) is 11.8. The van der Waals surface area contributed by atoms with Gasteiger partial charge in [0.25, 0.3) is 0 Å². The Labute approximate surface area is 159 Å². The summed E-state index contributed by atoms with van der Waals surface area (Å²) in [5, 5.41) is 0. The molecule has 0 spiro atoms. The molecule has 0 unspecified atom stereocenters. The van der Waals surface area contributed by atoms with Crippen molar-refractivity contribution in [2.75, 3.05) is 0 Å². The zero-order valence-corrected chi connectivity index (χ0v) is 25.0. The predicted molar refractivity (Wildman–Crippen MR) is 132 cm³/mol. The Morgan fingerprint density at radius 3 is 0.583 bits per heavy atom. The lowest BCUT2D eigenvalue weighted by Gasteiger charge is -2.40.